The van der Waals surface area contributed by atoms with Crippen molar-refractivity contribution in [1.82, 2.24) is 24.9 Å². The molecule has 2 aromatic carbocycles. The Bertz CT molecular complexity index is 1320. The molecule has 1 unspecified atom stereocenters. The van der Waals surface area contributed by atoms with Crippen molar-refractivity contribution in [1.29, 1.82) is 0 Å². The smallest absolute Gasteiger partial charge is 0.334 e. The number of halogens is 7. The van der Waals surface area contributed by atoms with Crippen molar-refractivity contribution in [3.63, 3.8) is 0 Å². The molecular formula is C28H30F7N5O3. The van der Waals surface area contributed by atoms with Gasteiger partial charge in [0.1, 0.15) is 18.0 Å². The number of urea groups is 1. The van der Waals surface area contributed by atoms with Gasteiger partial charge in [-0.2, -0.15) is 26.3 Å². The van der Waals surface area contributed by atoms with E-state index in [-0.39, 0.29) is 50.4 Å². The SMILES string of the molecule is CN(C)CC[C@H]1C(=O)N(Cc2ccc(F)cc2)CC2N(C(=O)NCc3cc(C(F)(F)F)cc(C(F)(F)F)c3)CCC(=O)N21. The van der Waals surface area contributed by atoms with Gasteiger partial charge in [-0.3, -0.25) is 9.59 Å². The average Bonchev–Trinajstić information content (AvgIpc) is 2.92. The number of carbonyl (C=O) groups is 3. The molecule has 2 atom stereocenters. The second-order valence-corrected chi connectivity index (χ2v) is 10.8. The third-order valence-corrected chi connectivity index (χ3v) is 7.34. The van der Waals surface area contributed by atoms with Crippen LogP contribution < -0.4 is 5.32 Å². The minimum absolute atomic E-state index is 0.00205. The first-order chi connectivity index (χ1) is 20.0. The van der Waals surface area contributed by atoms with Crippen LogP contribution in [0.3, 0.4) is 0 Å². The summed E-state index contributed by atoms with van der Waals surface area (Å²) in [6.45, 7) is -0.335. The second kappa shape index (κ2) is 12.4. The Kier molecular flexibility index (Phi) is 9.23. The molecule has 2 aliphatic heterocycles. The summed E-state index contributed by atoms with van der Waals surface area (Å²) in [5.74, 6) is -1.19. The predicted octanol–water partition coefficient (Wildman–Crippen LogP) is 4.30. The normalized spacial score (nSPS) is 19.6. The summed E-state index contributed by atoms with van der Waals surface area (Å²) in [6, 6.07) is 4.80. The fraction of sp³-hybridized carbons (Fsp3) is 0.464. The van der Waals surface area contributed by atoms with E-state index in [0.717, 1.165) is 0 Å². The molecule has 4 rings (SSSR count). The number of fused-ring (bicyclic) bond motifs is 1. The molecule has 0 bridgehead atoms. The maximum atomic E-state index is 13.6. The van der Waals surface area contributed by atoms with Gasteiger partial charge in [-0.25, -0.2) is 9.18 Å². The fourth-order valence-electron chi connectivity index (χ4n) is 5.23. The van der Waals surface area contributed by atoms with Crippen LogP contribution in [0.2, 0.25) is 0 Å². The van der Waals surface area contributed by atoms with Gasteiger partial charge in [0.25, 0.3) is 0 Å². The van der Waals surface area contributed by atoms with Crippen molar-refractivity contribution in [2.45, 2.75) is 50.5 Å². The average molecular weight is 618 g/mol. The summed E-state index contributed by atoms with van der Waals surface area (Å²) >= 11 is 0. The summed E-state index contributed by atoms with van der Waals surface area (Å²) in [7, 11) is 3.58. The van der Waals surface area contributed by atoms with E-state index in [4.69, 9.17) is 0 Å². The van der Waals surface area contributed by atoms with Crippen LogP contribution in [0.5, 0.6) is 0 Å². The Morgan fingerprint density at radius 3 is 2.12 bits per heavy atom. The molecule has 8 nitrogen and oxygen atoms in total. The highest BCUT2D eigenvalue weighted by Crippen LogP contribution is 2.36. The molecule has 15 heteroatoms. The summed E-state index contributed by atoms with van der Waals surface area (Å²) in [5, 5.41) is 2.38. The van der Waals surface area contributed by atoms with Crippen LogP contribution in [0.25, 0.3) is 0 Å². The zero-order chi connectivity index (χ0) is 31.7. The van der Waals surface area contributed by atoms with E-state index in [1.807, 2.05) is 4.90 Å². The first-order valence-corrected chi connectivity index (χ1v) is 13.4. The number of alkyl halides is 6. The van der Waals surface area contributed by atoms with E-state index in [9.17, 15) is 45.1 Å². The van der Waals surface area contributed by atoms with E-state index in [1.165, 1.54) is 39.0 Å². The summed E-state index contributed by atoms with van der Waals surface area (Å²) in [5.41, 5.74) is -2.82. The van der Waals surface area contributed by atoms with Crippen LogP contribution in [0.4, 0.5) is 35.5 Å². The monoisotopic (exact) mass is 617 g/mol. The number of benzene rings is 2. The van der Waals surface area contributed by atoms with Crippen LogP contribution >= 0.6 is 0 Å². The molecule has 0 aliphatic carbocycles. The Labute approximate surface area is 243 Å². The molecule has 2 saturated heterocycles. The Hall–Kier alpha value is -3.88. The Balaban J connectivity index is 1.59. The third kappa shape index (κ3) is 7.56. The number of piperazine rings is 1. The first kappa shape index (κ1) is 32.0. The van der Waals surface area contributed by atoms with Crippen molar-refractivity contribution in [2.24, 2.45) is 0 Å². The van der Waals surface area contributed by atoms with E-state index in [0.29, 0.717) is 24.2 Å². The Morgan fingerprint density at radius 1 is 0.953 bits per heavy atom. The highest BCUT2D eigenvalue weighted by atomic mass is 19.4. The molecule has 0 spiro atoms. The molecular weight excluding hydrogens is 587 g/mol. The topological polar surface area (TPSA) is 76.2 Å². The number of nitrogens with one attached hydrogen (secondary N) is 1. The molecule has 1 N–H and O–H groups in total. The lowest BCUT2D eigenvalue weighted by atomic mass is 10.0. The van der Waals surface area contributed by atoms with E-state index >= 15 is 0 Å². The second-order valence-electron chi connectivity index (χ2n) is 10.8. The maximum Gasteiger partial charge on any atom is 0.416 e. The molecule has 0 radical (unpaired) electrons. The highest BCUT2D eigenvalue weighted by molar-refractivity contribution is 5.91. The molecule has 0 aromatic heterocycles. The number of carbonyl (C=O) groups excluding carboxylic acids is 3. The van der Waals surface area contributed by atoms with Gasteiger partial charge in [-0.15, -0.1) is 0 Å². The van der Waals surface area contributed by atoms with Crippen LogP contribution in [0, 0.1) is 5.82 Å². The van der Waals surface area contributed by atoms with Gasteiger partial charge in [0.15, 0.2) is 0 Å². The quantitative estimate of drug-likeness (QED) is 0.471. The van der Waals surface area contributed by atoms with Gasteiger partial charge in [-0.05, 0) is 68.5 Å². The predicted molar refractivity (Wildman–Crippen MR) is 139 cm³/mol. The molecule has 2 heterocycles. The zero-order valence-electron chi connectivity index (χ0n) is 23.3. The summed E-state index contributed by atoms with van der Waals surface area (Å²) < 4.78 is 93.2. The van der Waals surface area contributed by atoms with E-state index in [2.05, 4.69) is 5.32 Å². The van der Waals surface area contributed by atoms with Gasteiger partial charge in [0, 0.05) is 26.1 Å². The maximum absolute atomic E-state index is 13.6. The van der Waals surface area contributed by atoms with Crippen molar-refractivity contribution < 1.29 is 45.1 Å². The molecule has 43 heavy (non-hydrogen) atoms. The number of nitrogens with zero attached hydrogens (tertiary/aromatic N) is 4. The van der Waals surface area contributed by atoms with Crippen molar-refractivity contribution in [3.8, 4) is 0 Å². The summed E-state index contributed by atoms with van der Waals surface area (Å²) in [6.07, 6.45) is -10.9. The minimum Gasteiger partial charge on any atom is -0.334 e. The number of hydrogen-bond donors (Lipinski definition) is 1. The molecule has 0 saturated carbocycles. The minimum atomic E-state index is -5.04. The number of rotatable bonds is 7. The van der Waals surface area contributed by atoms with Crippen molar-refractivity contribution >= 4 is 17.8 Å². The number of hydrogen-bond acceptors (Lipinski definition) is 4. The standard InChI is InChI=1S/C28H30F7N5O3/c1-37(2)9-7-22-25(42)38(15-17-3-5-21(29)6-4-17)16-23-39(10-8-24(41)40(22)23)26(43)36-14-18-11-19(27(30,31)32)13-20(12-18)28(33,34)35/h3-6,11-13,22-23H,7-10,14-16H2,1-2H3,(H,36,43)/t22-,23?/m0/s1. The lowest BCUT2D eigenvalue weighted by molar-refractivity contribution is -0.167. The van der Waals surface area contributed by atoms with Crippen molar-refractivity contribution in [3.05, 3.63) is 70.5 Å². The lowest BCUT2D eigenvalue weighted by Gasteiger charge is -2.52. The first-order valence-electron chi connectivity index (χ1n) is 13.4. The van der Waals surface area contributed by atoms with Gasteiger partial charge < -0.3 is 24.9 Å². The van der Waals surface area contributed by atoms with E-state index < -0.39 is 59.6 Å². The van der Waals surface area contributed by atoms with Gasteiger partial charge in [0.05, 0.1) is 17.7 Å². The Morgan fingerprint density at radius 2 is 1.56 bits per heavy atom. The fourth-order valence-corrected chi connectivity index (χ4v) is 5.23. The largest absolute Gasteiger partial charge is 0.416 e. The summed E-state index contributed by atoms with van der Waals surface area (Å²) in [4.78, 5) is 45.8. The lowest BCUT2D eigenvalue weighted by Crippen LogP contribution is -2.72. The van der Waals surface area contributed by atoms with Crippen LogP contribution in [0.15, 0.2) is 42.5 Å². The highest BCUT2D eigenvalue weighted by Gasteiger charge is 2.48. The van der Waals surface area contributed by atoms with Gasteiger partial charge >= 0.3 is 18.4 Å². The zero-order valence-corrected chi connectivity index (χ0v) is 23.3. The van der Waals surface area contributed by atoms with Crippen LogP contribution in [0.1, 0.15) is 35.1 Å². The van der Waals surface area contributed by atoms with Crippen LogP contribution in [-0.4, -0.2) is 83.4 Å². The molecule has 2 aliphatic rings. The van der Waals surface area contributed by atoms with Crippen molar-refractivity contribution in [2.75, 3.05) is 33.7 Å². The third-order valence-electron chi connectivity index (χ3n) is 7.34. The van der Waals surface area contributed by atoms with Gasteiger partial charge in [0.2, 0.25) is 11.8 Å². The molecule has 234 valence electrons. The van der Waals surface area contributed by atoms with E-state index in [1.54, 1.807) is 14.1 Å². The van der Waals surface area contributed by atoms with Crippen LogP contribution in [-0.2, 0) is 35.0 Å². The molecule has 4 amide bonds. The van der Waals surface area contributed by atoms with Gasteiger partial charge in [-0.1, -0.05) is 12.1 Å². The molecule has 2 aromatic rings. The molecule has 2 fully saturated rings. The number of amides is 4.